The van der Waals surface area contributed by atoms with Gasteiger partial charge in [-0.2, -0.15) is 15.0 Å². The number of carbonyl (C=O) groups is 1. The summed E-state index contributed by atoms with van der Waals surface area (Å²) in [5.41, 5.74) is 2.07. The molecule has 3 rings (SSSR count). The number of nitrogens with zero attached hydrogens (tertiary/aromatic N) is 4. The largest absolute Gasteiger partial charge is 0.345 e. The second-order valence-electron chi connectivity index (χ2n) is 5.30. The fourth-order valence-corrected chi connectivity index (χ4v) is 2.59. The van der Waals surface area contributed by atoms with Crippen molar-refractivity contribution in [3.63, 3.8) is 0 Å². The fraction of sp³-hybridized carbons (Fsp3) is 0.400. The van der Waals surface area contributed by atoms with Crippen molar-refractivity contribution in [2.45, 2.75) is 19.4 Å². The molecule has 1 fully saturated rings. The van der Waals surface area contributed by atoms with Crippen LogP contribution in [0.5, 0.6) is 0 Å². The van der Waals surface area contributed by atoms with Crippen molar-refractivity contribution in [1.82, 2.24) is 19.9 Å². The predicted octanol–water partition coefficient (Wildman–Crippen LogP) is 1.35. The highest BCUT2D eigenvalue weighted by Crippen LogP contribution is 2.19. The molecule has 1 aromatic heterocycles. The maximum Gasteiger partial charge on any atom is 0.225 e. The monoisotopic (exact) mass is 270 g/mol. The molecular weight excluding hydrogens is 252 g/mol. The lowest BCUT2D eigenvalue weighted by atomic mass is 10.0. The van der Waals surface area contributed by atoms with Crippen molar-refractivity contribution < 1.29 is 4.79 Å². The van der Waals surface area contributed by atoms with Crippen molar-refractivity contribution in [2.75, 3.05) is 13.6 Å². The van der Waals surface area contributed by atoms with Gasteiger partial charge >= 0.3 is 0 Å². The first-order chi connectivity index (χ1) is 9.72. The van der Waals surface area contributed by atoms with Crippen molar-refractivity contribution in [3.8, 4) is 0 Å². The standard InChI is InChI=1S/C15H18N4O/c1-18-8-7-13(15(18)20)9-14-10-16-19(17-14)11-12-5-3-2-4-6-12/h2-6,10,13H,7-9,11H2,1H3. The summed E-state index contributed by atoms with van der Waals surface area (Å²) in [5.74, 6) is 0.296. The highest BCUT2D eigenvalue weighted by Gasteiger charge is 2.29. The maximum absolute atomic E-state index is 11.9. The van der Waals surface area contributed by atoms with Gasteiger partial charge in [0.25, 0.3) is 0 Å². The molecule has 2 heterocycles. The summed E-state index contributed by atoms with van der Waals surface area (Å²) in [6, 6.07) is 10.1. The number of carbonyl (C=O) groups excluding carboxylic acids is 1. The van der Waals surface area contributed by atoms with E-state index >= 15 is 0 Å². The van der Waals surface area contributed by atoms with Crippen LogP contribution in [0.25, 0.3) is 0 Å². The highest BCUT2D eigenvalue weighted by atomic mass is 16.2. The van der Waals surface area contributed by atoms with Gasteiger partial charge in [0.05, 0.1) is 18.4 Å². The number of rotatable bonds is 4. The Bertz CT molecular complexity index is 593. The molecule has 5 nitrogen and oxygen atoms in total. The van der Waals surface area contributed by atoms with E-state index in [-0.39, 0.29) is 11.8 Å². The van der Waals surface area contributed by atoms with E-state index in [9.17, 15) is 4.79 Å². The summed E-state index contributed by atoms with van der Waals surface area (Å²) in [4.78, 5) is 15.4. The number of hydrogen-bond donors (Lipinski definition) is 0. The Labute approximate surface area is 118 Å². The molecule has 2 aromatic rings. The Kier molecular flexibility index (Phi) is 3.50. The van der Waals surface area contributed by atoms with Crippen LogP contribution in [0.15, 0.2) is 36.5 Å². The average molecular weight is 270 g/mol. The lowest BCUT2D eigenvalue weighted by molar-refractivity contribution is -0.129. The first-order valence-electron chi connectivity index (χ1n) is 6.90. The summed E-state index contributed by atoms with van der Waals surface area (Å²) < 4.78 is 0. The minimum absolute atomic E-state index is 0.0712. The van der Waals surface area contributed by atoms with Crippen LogP contribution < -0.4 is 0 Å². The SMILES string of the molecule is CN1CCC(Cc2cnn(Cc3ccccc3)n2)C1=O. The molecule has 104 valence electrons. The van der Waals surface area contributed by atoms with Gasteiger partial charge in [-0.1, -0.05) is 30.3 Å². The molecule has 1 atom stereocenters. The Morgan fingerprint density at radius 2 is 2.10 bits per heavy atom. The van der Waals surface area contributed by atoms with Crippen LogP contribution >= 0.6 is 0 Å². The molecule has 1 aliphatic rings. The molecule has 0 bridgehead atoms. The molecule has 1 unspecified atom stereocenters. The Morgan fingerprint density at radius 1 is 1.30 bits per heavy atom. The normalized spacial score (nSPS) is 18.8. The minimum Gasteiger partial charge on any atom is -0.345 e. The van der Waals surface area contributed by atoms with Crippen LogP contribution in [0.4, 0.5) is 0 Å². The van der Waals surface area contributed by atoms with Crippen LogP contribution in [0.1, 0.15) is 17.7 Å². The first kappa shape index (κ1) is 12.8. The lowest BCUT2D eigenvalue weighted by Gasteiger charge is -2.08. The minimum atomic E-state index is 0.0712. The number of aromatic nitrogens is 3. The number of hydrogen-bond acceptors (Lipinski definition) is 3. The van der Waals surface area contributed by atoms with Gasteiger partial charge in [-0.3, -0.25) is 4.79 Å². The second kappa shape index (κ2) is 5.45. The zero-order valence-electron chi connectivity index (χ0n) is 11.6. The Balaban J connectivity index is 1.64. The van der Waals surface area contributed by atoms with Crippen LogP contribution in [0.2, 0.25) is 0 Å². The topological polar surface area (TPSA) is 51.0 Å². The molecule has 0 aliphatic carbocycles. The lowest BCUT2D eigenvalue weighted by Crippen LogP contribution is -2.23. The third-order valence-electron chi connectivity index (χ3n) is 3.74. The molecule has 1 saturated heterocycles. The molecule has 0 saturated carbocycles. The van der Waals surface area contributed by atoms with E-state index in [4.69, 9.17) is 0 Å². The van der Waals surface area contributed by atoms with E-state index in [0.29, 0.717) is 13.0 Å². The number of likely N-dealkylation sites (tertiary alicyclic amines) is 1. The Morgan fingerprint density at radius 3 is 2.80 bits per heavy atom. The molecule has 5 heteroatoms. The van der Waals surface area contributed by atoms with Crippen LogP contribution in [0.3, 0.4) is 0 Å². The molecule has 0 N–H and O–H groups in total. The first-order valence-corrected chi connectivity index (χ1v) is 6.90. The van der Waals surface area contributed by atoms with Crippen LogP contribution in [-0.4, -0.2) is 39.4 Å². The Hall–Kier alpha value is -2.17. The molecule has 1 aliphatic heterocycles. The van der Waals surface area contributed by atoms with Gasteiger partial charge in [0.2, 0.25) is 5.91 Å². The summed E-state index contributed by atoms with van der Waals surface area (Å²) in [5, 5.41) is 8.74. The van der Waals surface area contributed by atoms with Gasteiger partial charge in [0.15, 0.2) is 0 Å². The zero-order chi connectivity index (χ0) is 13.9. The molecule has 1 amide bonds. The third-order valence-corrected chi connectivity index (χ3v) is 3.74. The van der Waals surface area contributed by atoms with Crippen molar-refractivity contribution in [3.05, 3.63) is 47.8 Å². The van der Waals surface area contributed by atoms with Crippen molar-refractivity contribution in [1.29, 1.82) is 0 Å². The quantitative estimate of drug-likeness (QED) is 0.842. The third kappa shape index (κ3) is 2.71. The van der Waals surface area contributed by atoms with Crippen LogP contribution in [-0.2, 0) is 17.8 Å². The van der Waals surface area contributed by atoms with Gasteiger partial charge < -0.3 is 4.90 Å². The van der Waals surface area contributed by atoms with Gasteiger partial charge in [-0.05, 0) is 12.0 Å². The summed E-state index contributed by atoms with van der Waals surface area (Å²) >= 11 is 0. The molecule has 20 heavy (non-hydrogen) atoms. The second-order valence-corrected chi connectivity index (χ2v) is 5.30. The van der Waals surface area contributed by atoms with Crippen LogP contribution in [0, 0.1) is 5.92 Å². The maximum atomic E-state index is 11.9. The smallest absolute Gasteiger partial charge is 0.225 e. The average Bonchev–Trinajstić information content (AvgIpc) is 3.02. The molecule has 0 spiro atoms. The van der Waals surface area contributed by atoms with E-state index in [1.807, 2.05) is 25.2 Å². The molecule has 1 aromatic carbocycles. The summed E-state index contributed by atoms with van der Waals surface area (Å²) in [6.45, 7) is 1.51. The molecule has 0 radical (unpaired) electrons. The van der Waals surface area contributed by atoms with E-state index < -0.39 is 0 Å². The fourth-order valence-electron chi connectivity index (χ4n) is 2.59. The molecular formula is C15H18N4O. The summed E-state index contributed by atoms with van der Waals surface area (Å²) in [6.07, 6.45) is 3.38. The van der Waals surface area contributed by atoms with Gasteiger partial charge in [0.1, 0.15) is 0 Å². The highest BCUT2D eigenvalue weighted by molar-refractivity contribution is 5.80. The predicted molar refractivity (Wildman–Crippen MR) is 75.0 cm³/mol. The van der Waals surface area contributed by atoms with Gasteiger partial charge in [-0.25, -0.2) is 0 Å². The number of amides is 1. The van der Waals surface area contributed by atoms with E-state index in [0.717, 1.165) is 18.7 Å². The van der Waals surface area contributed by atoms with E-state index in [1.54, 1.807) is 15.9 Å². The van der Waals surface area contributed by atoms with Gasteiger partial charge in [-0.15, -0.1) is 0 Å². The number of benzene rings is 1. The van der Waals surface area contributed by atoms with E-state index in [2.05, 4.69) is 22.3 Å². The van der Waals surface area contributed by atoms with E-state index in [1.165, 1.54) is 5.56 Å². The van der Waals surface area contributed by atoms with Gasteiger partial charge in [0, 0.05) is 25.9 Å². The summed E-state index contributed by atoms with van der Waals surface area (Å²) in [7, 11) is 1.86. The van der Waals surface area contributed by atoms with Crippen molar-refractivity contribution >= 4 is 5.91 Å². The zero-order valence-corrected chi connectivity index (χ0v) is 11.6. The van der Waals surface area contributed by atoms with Crippen molar-refractivity contribution in [2.24, 2.45) is 5.92 Å².